The van der Waals surface area contributed by atoms with Crippen LogP contribution in [0.3, 0.4) is 0 Å². The first-order valence-corrected chi connectivity index (χ1v) is 8.47. The molecule has 0 aromatic heterocycles. The zero-order chi connectivity index (χ0) is 18.5. The van der Waals surface area contributed by atoms with Gasteiger partial charge in [-0.15, -0.1) is 0 Å². The molecule has 2 heterocycles. The van der Waals surface area contributed by atoms with E-state index in [9.17, 15) is 14.4 Å². The Bertz CT molecular complexity index is 702. The van der Waals surface area contributed by atoms with Gasteiger partial charge < -0.3 is 25.0 Å². The minimum atomic E-state index is -0.752. The summed E-state index contributed by atoms with van der Waals surface area (Å²) in [6.07, 6.45) is 0. The zero-order valence-electron chi connectivity index (χ0n) is 14.6. The van der Waals surface area contributed by atoms with Gasteiger partial charge in [-0.3, -0.25) is 19.3 Å². The second-order valence-corrected chi connectivity index (χ2v) is 6.09. The predicted molar refractivity (Wildman–Crippen MR) is 94.2 cm³/mol. The van der Waals surface area contributed by atoms with Crippen LogP contribution in [0.15, 0.2) is 18.2 Å². The summed E-state index contributed by atoms with van der Waals surface area (Å²) >= 11 is 0. The maximum Gasteiger partial charge on any atom is 0.313 e. The average molecular weight is 362 g/mol. The van der Waals surface area contributed by atoms with Crippen molar-refractivity contribution in [2.45, 2.75) is 0 Å². The number of anilines is 2. The van der Waals surface area contributed by atoms with Gasteiger partial charge in [0.05, 0.1) is 18.9 Å². The number of carbonyl (C=O) groups is 3. The Morgan fingerprint density at radius 1 is 1.19 bits per heavy atom. The van der Waals surface area contributed by atoms with E-state index in [1.807, 2.05) is 0 Å². The number of likely N-dealkylation sites (N-methyl/N-ethyl adjacent to an activating group) is 1. The average Bonchev–Trinajstić information content (AvgIpc) is 2.66. The van der Waals surface area contributed by atoms with Gasteiger partial charge in [0.1, 0.15) is 5.75 Å². The fourth-order valence-corrected chi connectivity index (χ4v) is 2.77. The summed E-state index contributed by atoms with van der Waals surface area (Å²) in [6.45, 7) is 4.07. The maximum atomic E-state index is 12.0. The summed E-state index contributed by atoms with van der Waals surface area (Å²) in [7, 11) is 1.63. The van der Waals surface area contributed by atoms with Crippen LogP contribution in [-0.4, -0.2) is 75.7 Å². The van der Waals surface area contributed by atoms with Crippen LogP contribution in [0.2, 0.25) is 0 Å². The topological polar surface area (TPSA) is 100 Å². The molecular weight excluding hydrogens is 340 g/mol. The second kappa shape index (κ2) is 8.15. The van der Waals surface area contributed by atoms with Crippen LogP contribution >= 0.6 is 0 Å². The molecule has 0 atom stereocenters. The number of amides is 3. The van der Waals surface area contributed by atoms with Gasteiger partial charge in [-0.05, 0) is 18.2 Å². The number of hydrogen-bond donors (Lipinski definition) is 2. The third-order valence-electron chi connectivity index (χ3n) is 4.33. The van der Waals surface area contributed by atoms with Crippen molar-refractivity contribution in [1.82, 2.24) is 10.2 Å². The molecule has 9 nitrogen and oxygen atoms in total. The van der Waals surface area contributed by atoms with E-state index in [2.05, 4.69) is 15.5 Å². The van der Waals surface area contributed by atoms with Gasteiger partial charge in [0.2, 0.25) is 0 Å². The minimum Gasteiger partial charge on any atom is -0.482 e. The molecule has 140 valence electrons. The fourth-order valence-electron chi connectivity index (χ4n) is 2.77. The minimum absolute atomic E-state index is 0.0131. The molecule has 3 amide bonds. The Morgan fingerprint density at radius 2 is 1.96 bits per heavy atom. The SMILES string of the molecule is CN1C(=O)COc2ccc(NC(=O)C(=O)NCCN3CCOCC3)cc21. The molecule has 0 spiro atoms. The van der Waals surface area contributed by atoms with Crippen LogP contribution in [0.5, 0.6) is 5.75 Å². The van der Waals surface area contributed by atoms with Gasteiger partial charge in [-0.1, -0.05) is 0 Å². The zero-order valence-corrected chi connectivity index (χ0v) is 14.6. The molecule has 2 aliphatic heterocycles. The molecule has 26 heavy (non-hydrogen) atoms. The molecule has 2 N–H and O–H groups in total. The number of benzene rings is 1. The van der Waals surface area contributed by atoms with Gasteiger partial charge in [-0.2, -0.15) is 0 Å². The van der Waals surface area contributed by atoms with Crippen molar-refractivity contribution in [3.63, 3.8) is 0 Å². The lowest BCUT2D eigenvalue weighted by molar-refractivity contribution is -0.136. The van der Waals surface area contributed by atoms with Gasteiger partial charge in [0.25, 0.3) is 5.91 Å². The molecule has 2 aliphatic rings. The molecule has 0 saturated carbocycles. The lowest BCUT2D eigenvalue weighted by Crippen LogP contribution is -2.43. The van der Waals surface area contributed by atoms with Crippen molar-refractivity contribution in [2.24, 2.45) is 0 Å². The summed E-state index contributed by atoms with van der Waals surface area (Å²) in [5, 5.41) is 5.14. The van der Waals surface area contributed by atoms with Gasteiger partial charge in [-0.25, -0.2) is 0 Å². The van der Waals surface area contributed by atoms with E-state index in [0.717, 1.165) is 13.1 Å². The molecule has 9 heteroatoms. The summed E-state index contributed by atoms with van der Waals surface area (Å²) in [6, 6.07) is 4.89. The highest BCUT2D eigenvalue weighted by Crippen LogP contribution is 2.33. The first-order valence-electron chi connectivity index (χ1n) is 8.47. The second-order valence-electron chi connectivity index (χ2n) is 6.09. The highest BCUT2D eigenvalue weighted by Gasteiger charge is 2.23. The molecule has 1 aromatic rings. The van der Waals surface area contributed by atoms with Crippen LogP contribution in [-0.2, 0) is 19.1 Å². The number of nitrogens with zero attached hydrogens (tertiary/aromatic N) is 2. The Morgan fingerprint density at radius 3 is 2.73 bits per heavy atom. The number of nitrogens with one attached hydrogen (secondary N) is 2. The number of rotatable bonds is 4. The van der Waals surface area contributed by atoms with Crippen LogP contribution in [0.1, 0.15) is 0 Å². The van der Waals surface area contributed by atoms with E-state index < -0.39 is 11.8 Å². The molecular formula is C17H22N4O5. The van der Waals surface area contributed by atoms with Crippen LogP contribution < -0.4 is 20.3 Å². The van der Waals surface area contributed by atoms with E-state index in [-0.39, 0.29) is 12.5 Å². The summed E-state index contributed by atoms with van der Waals surface area (Å²) in [4.78, 5) is 39.3. The Balaban J connectivity index is 1.51. The highest BCUT2D eigenvalue weighted by molar-refractivity contribution is 6.39. The number of morpholine rings is 1. The number of ether oxygens (including phenoxy) is 2. The van der Waals surface area contributed by atoms with Crippen LogP contribution in [0.4, 0.5) is 11.4 Å². The molecule has 3 rings (SSSR count). The number of fused-ring (bicyclic) bond motifs is 1. The predicted octanol–water partition coefficient (Wildman–Crippen LogP) is -0.571. The molecule has 0 bridgehead atoms. The molecule has 1 saturated heterocycles. The summed E-state index contributed by atoms with van der Waals surface area (Å²) in [5.74, 6) is -1.07. The third kappa shape index (κ3) is 4.30. The van der Waals surface area contributed by atoms with Crippen molar-refractivity contribution in [2.75, 3.05) is 63.3 Å². The van der Waals surface area contributed by atoms with Crippen molar-refractivity contribution >= 4 is 29.1 Å². The molecule has 0 radical (unpaired) electrons. The normalized spacial score (nSPS) is 17.3. The van der Waals surface area contributed by atoms with Gasteiger partial charge in [0, 0.05) is 38.9 Å². The number of carbonyl (C=O) groups excluding carboxylic acids is 3. The van der Waals surface area contributed by atoms with E-state index >= 15 is 0 Å². The molecule has 1 fully saturated rings. The smallest absolute Gasteiger partial charge is 0.313 e. The number of hydrogen-bond acceptors (Lipinski definition) is 6. The molecule has 0 aliphatic carbocycles. The van der Waals surface area contributed by atoms with Crippen LogP contribution in [0.25, 0.3) is 0 Å². The summed E-state index contributed by atoms with van der Waals surface area (Å²) in [5.41, 5.74) is 0.967. The van der Waals surface area contributed by atoms with E-state index in [4.69, 9.17) is 9.47 Å². The fraction of sp³-hybridized carbons (Fsp3) is 0.471. The first-order chi connectivity index (χ1) is 12.5. The largest absolute Gasteiger partial charge is 0.482 e. The van der Waals surface area contributed by atoms with E-state index in [1.54, 1.807) is 25.2 Å². The van der Waals surface area contributed by atoms with Gasteiger partial charge in [0.15, 0.2) is 6.61 Å². The lowest BCUT2D eigenvalue weighted by atomic mass is 10.2. The quantitative estimate of drug-likeness (QED) is 0.696. The van der Waals surface area contributed by atoms with E-state index in [1.165, 1.54) is 4.90 Å². The lowest BCUT2D eigenvalue weighted by Gasteiger charge is -2.26. The Hall–Kier alpha value is -2.65. The standard InChI is InChI=1S/C17H22N4O5/c1-20-13-10-12(2-3-14(13)26-11-15(20)22)19-17(24)16(23)18-4-5-21-6-8-25-9-7-21/h2-3,10H,4-9,11H2,1H3,(H,18,23)(H,19,24). The van der Waals surface area contributed by atoms with Crippen molar-refractivity contribution in [3.05, 3.63) is 18.2 Å². The first kappa shape index (κ1) is 18.2. The maximum absolute atomic E-state index is 12.0. The monoisotopic (exact) mass is 362 g/mol. The van der Waals surface area contributed by atoms with Crippen molar-refractivity contribution in [1.29, 1.82) is 0 Å². The molecule has 1 aromatic carbocycles. The van der Waals surface area contributed by atoms with Crippen LogP contribution in [0, 0.1) is 0 Å². The van der Waals surface area contributed by atoms with E-state index in [0.29, 0.717) is 43.4 Å². The molecule has 0 unspecified atom stereocenters. The highest BCUT2D eigenvalue weighted by atomic mass is 16.5. The van der Waals surface area contributed by atoms with Gasteiger partial charge >= 0.3 is 11.8 Å². The summed E-state index contributed by atoms with van der Waals surface area (Å²) < 4.78 is 10.6. The third-order valence-corrected chi connectivity index (χ3v) is 4.33. The Labute approximate surface area is 151 Å². The Kier molecular flexibility index (Phi) is 5.69. The van der Waals surface area contributed by atoms with Crippen molar-refractivity contribution < 1.29 is 23.9 Å². The van der Waals surface area contributed by atoms with Crippen molar-refractivity contribution in [3.8, 4) is 5.75 Å².